The molecular weight excluding hydrogens is 272 g/mol. The molecule has 1 aliphatic carbocycles. The number of hydrogen-bond donors (Lipinski definition) is 1. The van der Waals surface area contributed by atoms with Crippen molar-refractivity contribution >= 4 is 11.6 Å². The standard InChI is InChI=1S/C15H25ClN4/c1-4-12-8-20(13(7-17-12)11-5-6-11)9-14-15(16)10(2)18-19(14)3/h11-13,17H,4-9H2,1-3H3. The van der Waals surface area contributed by atoms with Crippen molar-refractivity contribution in [3.63, 3.8) is 0 Å². The highest BCUT2D eigenvalue weighted by Gasteiger charge is 2.38. The van der Waals surface area contributed by atoms with E-state index in [0.717, 1.165) is 42.0 Å². The minimum absolute atomic E-state index is 0.609. The van der Waals surface area contributed by atoms with Gasteiger partial charge in [0.2, 0.25) is 0 Å². The maximum Gasteiger partial charge on any atom is 0.0860 e. The number of hydrogen-bond acceptors (Lipinski definition) is 3. The van der Waals surface area contributed by atoms with Gasteiger partial charge in [-0.25, -0.2) is 0 Å². The molecule has 1 saturated carbocycles. The first-order valence-electron chi connectivity index (χ1n) is 7.75. The van der Waals surface area contributed by atoms with Gasteiger partial charge in [-0.2, -0.15) is 5.10 Å². The van der Waals surface area contributed by atoms with Gasteiger partial charge in [0.1, 0.15) is 0 Å². The van der Waals surface area contributed by atoms with Crippen LogP contribution in [0.25, 0.3) is 0 Å². The summed E-state index contributed by atoms with van der Waals surface area (Å²) in [5.41, 5.74) is 2.10. The van der Waals surface area contributed by atoms with Crippen LogP contribution >= 0.6 is 11.6 Å². The summed E-state index contributed by atoms with van der Waals surface area (Å²) in [6.45, 7) is 7.41. The molecule has 2 aliphatic rings. The van der Waals surface area contributed by atoms with Gasteiger partial charge in [-0.15, -0.1) is 0 Å². The second-order valence-electron chi connectivity index (χ2n) is 6.32. The summed E-state index contributed by atoms with van der Waals surface area (Å²) < 4.78 is 1.95. The molecule has 0 aromatic carbocycles. The molecule has 1 N–H and O–H groups in total. The number of nitrogens with one attached hydrogen (secondary N) is 1. The molecule has 1 aliphatic heterocycles. The van der Waals surface area contributed by atoms with Crippen molar-refractivity contribution in [3.05, 3.63) is 16.4 Å². The van der Waals surface area contributed by atoms with E-state index in [1.54, 1.807) is 0 Å². The van der Waals surface area contributed by atoms with E-state index in [1.165, 1.54) is 19.3 Å². The third-order valence-electron chi connectivity index (χ3n) is 4.81. The van der Waals surface area contributed by atoms with Crippen molar-refractivity contribution < 1.29 is 0 Å². The van der Waals surface area contributed by atoms with Gasteiger partial charge in [0.15, 0.2) is 0 Å². The van der Waals surface area contributed by atoms with Crippen molar-refractivity contribution in [2.24, 2.45) is 13.0 Å². The zero-order chi connectivity index (χ0) is 14.3. The molecule has 2 fully saturated rings. The van der Waals surface area contributed by atoms with Crippen molar-refractivity contribution in [2.45, 2.75) is 51.7 Å². The van der Waals surface area contributed by atoms with Gasteiger partial charge in [-0.1, -0.05) is 18.5 Å². The van der Waals surface area contributed by atoms with Gasteiger partial charge in [0, 0.05) is 38.8 Å². The smallest absolute Gasteiger partial charge is 0.0860 e. The Labute approximate surface area is 126 Å². The van der Waals surface area contributed by atoms with Crippen LogP contribution in [-0.2, 0) is 13.6 Å². The van der Waals surface area contributed by atoms with E-state index >= 15 is 0 Å². The summed E-state index contributed by atoms with van der Waals surface area (Å²) in [6.07, 6.45) is 3.96. The molecule has 20 heavy (non-hydrogen) atoms. The maximum absolute atomic E-state index is 6.42. The third-order valence-corrected chi connectivity index (χ3v) is 5.30. The molecule has 3 rings (SSSR count). The van der Waals surface area contributed by atoms with Gasteiger partial charge in [-0.3, -0.25) is 9.58 Å². The Morgan fingerprint density at radius 3 is 2.70 bits per heavy atom. The summed E-state index contributed by atoms with van der Waals surface area (Å²) in [4.78, 5) is 2.63. The monoisotopic (exact) mass is 296 g/mol. The summed E-state index contributed by atoms with van der Waals surface area (Å²) in [6, 6.07) is 1.28. The van der Waals surface area contributed by atoms with Crippen LogP contribution < -0.4 is 5.32 Å². The van der Waals surface area contributed by atoms with Crippen LogP contribution in [-0.4, -0.2) is 39.9 Å². The van der Waals surface area contributed by atoms with E-state index in [9.17, 15) is 0 Å². The molecule has 1 saturated heterocycles. The average molecular weight is 297 g/mol. The summed E-state index contributed by atoms with van der Waals surface area (Å²) in [5.74, 6) is 0.883. The van der Waals surface area contributed by atoms with E-state index in [2.05, 4.69) is 22.2 Å². The minimum Gasteiger partial charge on any atom is -0.311 e. The molecule has 2 heterocycles. The SMILES string of the molecule is CCC1CN(Cc2c(Cl)c(C)nn2C)C(C2CC2)CN1. The molecule has 5 heteroatoms. The summed E-state index contributed by atoms with van der Waals surface area (Å²) >= 11 is 6.42. The summed E-state index contributed by atoms with van der Waals surface area (Å²) in [5, 5.41) is 8.98. The van der Waals surface area contributed by atoms with Crippen LogP contribution in [0.3, 0.4) is 0 Å². The Hall–Kier alpha value is -0.580. The Kier molecular flexibility index (Phi) is 4.07. The number of halogens is 1. The van der Waals surface area contributed by atoms with Crippen LogP contribution in [0.5, 0.6) is 0 Å². The fraction of sp³-hybridized carbons (Fsp3) is 0.800. The van der Waals surface area contributed by atoms with Gasteiger partial charge < -0.3 is 5.32 Å². The number of aromatic nitrogens is 2. The lowest BCUT2D eigenvalue weighted by atomic mass is 10.0. The van der Waals surface area contributed by atoms with Crippen molar-refractivity contribution in [3.8, 4) is 0 Å². The highest BCUT2D eigenvalue weighted by atomic mass is 35.5. The lowest BCUT2D eigenvalue weighted by Gasteiger charge is -2.40. The zero-order valence-corrected chi connectivity index (χ0v) is 13.5. The quantitative estimate of drug-likeness (QED) is 0.926. The number of nitrogens with zero attached hydrogens (tertiary/aromatic N) is 3. The molecule has 0 bridgehead atoms. The van der Waals surface area contributed by atoms with Crippen molar-refractivity contribution in [1.29, 1.82) is 0 Å². The molecule has 2 atom stereocenters. The molecule has 0 amide bonds. The molecule has 2 unspecified atom stereocenters. The first-order chi connectivity index (χ1) is 9.60. The number of aryl methyl sites for hydroxylation is 2. The van der Waals surface area contributed by atoms with E-state index in [-0.39, 0.29) is 0 Å². The molecule has 1 aromatic rings. The Morgan fingerprint density at radius 2 is 2.15 bits per heavy atom. The third kappa shape index (κ3) is 2.74. The maximum atomic E-state index is 6.42. The first-order valence-corrected chi connectivity index (χ1v) is 8.13. The highest BCUT2D eigenvalue weighted by molar-refractivity contribution is 6.31. The Balaban J connectivity index is 1.78. The zero-order valence-electron chi connectivity index (χ0n) is 12.7. The fourth-order valence-corrected chi connectivity index (χ4v) is 3.56. The minimum atomic E-state index is 0.609. The molecule has 4 nitrogen and oxygen atoms in total. The average Bonchev–Trinajstić information content (AvgIpc) is 3.24. The van der Waals surface area contributed by atoms with Gasteiger partial charge in [-0.05, 0) is 32.1 Å². The van der Waals surface area contributed by atoms with Crippen LogP contribution in [0.4, 0.5) is 0 Å². The molecule has 1 aromatic heterocycles. The molecule has 112 valence electrons. The van der Waals surface area contributed by atoms with Gasteiger partial charge in [0.25, 0.3) is 0 Å². The second kappa shape index (κ2) is 5.66. The topological polar surface area (TPSA) is 33.1 Å². The molecule has 0 radical (unpaired) electrons. The Bertz CT molecular complexity index is 480. The summed E-state index contributed by atoms with van der Waals surface area (Å²) in [7, 11) is 2.00. The van der Waals surface area contributed by atoms with E-state index in [1.807, 2.05) is 18.7 Å². The van der Waals surface area contributed by atoms with Crippen molar-refractivity contribution in [1.82, 2.24) is 20.0 Å². The van der Waals surface area contributed by atoms with Crippen LogP contribution in [0.1, 0.15) is 37.6 Å². The van der Waals surface area contributed by atoms with E-state index in [0.29, 0.717) is 12.1 Å². The lowest BCUT2D eigenvalue weighted by Crippen LogP contribution is -2.56. The highest BCUT2D eigenvalue weighted by Crippen LogP contribution is 2.37. The fourth-order valence-electron chi connectivity index (χ4n) is 3.34. The van der Waals surface area contributed by atoms with E-state index in [4.69, 9.17) is 11.6 Å². The predicted molar refractivity (Wildman–Crippen MR) is 82.0 cm³/mol. The molecular formula is C15H25ClN4. The van der Waals surface area contributed by atoms with Crippen LogP contribution in [0, 0.1) is 12.8 Å². The Morgan fingerprint density at radius 1 is 1.40 bits per heavy atom. The lowest BCUT2D eigenvalue weighted by molar-refractivity contribution is 0.103. The first kappa shape index (κ1) is 14.4. The molecule has 0 spiro atoms. The van der Waals surface area contributed by atoms with E-state index < -0.39 is 0 Å². The largest absolute Gasteiger partial charge is 0.311 e. The number of piperazine rings is 1. The normalized spacial score (nSPS) is 28.0. The van der Waals surface area contributed by atoms with Gasteiger partial charge in [0.05, 0.1) is 16.4 Å². The number of rotatable bonds is 4. The predicted octanol–water partition coefficient (Wildman–Crippen LogP) is 2.34. The van der Waals surface area contributed by atoms with Crippen LogP contribution in [0.2, 0.25) is 5.02 Å². The van der Waals surface area contributed by atoms with Crippen molar-refractivity contribution in [2.75, 3.05) is 13.1 Å². The van der Waals surface area contributed by atoms with Gasteiger partial charge >= 0.3 is 0 Å². The second-order valence-corrected chi connectivity index (χ2v) is 6.70. The van der Waals surface area contributed by atoms with Crippen LogP contribution in [0.15, 0.2) is 0 Å².